The lowest BCUT2D eigenvalue weighted by Gasteiger charge is -2.02. The van der Waals surface area contributed by atoms with Crippen LogP contribution in [0.1, 0.15) is 11.1 Å². The molecular weight excluding hydrogens is 296 g/mol. The zero-order chi connectivity index (χ0) is 14.8. The van der Waals surface area contributed by atoms with E-state index in [9.17, 15) is 0 Å². The first-order valence-electron chi connectivity index (χ1n) is 6.56. The van der Waals surface area contributed by atoms with E-state index in [0.717, 1.165) is 11.3 Å². The van der Waals surface area contributed by atoms with Crippen LogP contribution in [0.15, 0.2) is 71.8 Å². The van der Waals surface area contributed by atoms with Gasteiger partial charge >= 0.3 is 0 Å². The summed E-state index contributed by atoms with van der Waals surface area (Å²) in [6.45, 7) is 0. The predicted molar refractivity (Wildman–Crippen MR) is 97.4 cm³/mol. The molecule has 0 radical (unpaired) electrons. The Morgan fingerprint density at radius 1 is 1.05 bits per heavy atom. The van der Waals surface area contributed by atoms with Gasteiger partial charge in [-0.3, -0.25) is 5.43 Å². The summed E-state index contributed by atoms with van der Waals surface area (Å²) in [4.78, 5) is 0. The summed E-state index contributed by atoms with van der Waals surface area (Å²) in [6.07, 6.45) is 5.57. The number of nitrogens with one attached hydrogen (secondary N) is 1. The van der Waals surface area contributed by atoms with Gasteiger partial charge in [0.05, 0.1) is 0 Å². The molecule has 0 unspecified atom stereocenters. The van der Waals surface area contributed by atoms with Crippen molar-refractivity contribution in [3.63, 3.8) is 0 Å². The first-order chi connectivity index (χ1) is 10.3. The molecule has 0 spiro atoms. The summed E-state index contributed by atoms with van der Waals surface area (Å²) in [7, 11) is 0. The number of hydrogen-bond acceptors (Lipinski definition) is 3. The minimum Gasteiger partial charge on any atom is -0.262 e. The summed E-state index contributed by atoms with van der Waals surface area (Å²) in [5.41, 5.74) is 5.24. The zero-order valence-electron chi connectivity index (χ0n) is 11.5. The molecule has 0 aromatic heterocycles. The highest BCUT2D eigenvalue weighted by Gasteiger charge is 1.96. The standard InChI is InChI=1S/C17H16N2S2/c20-17(21-14-16-10-5-2-6-11-16)19-18-13-7-12-15-8-3-1-4-9-15/h1-13H,14H2,(H,19,20). The maximum atomic E-state index is 5.21. The molecule has 0 saturated heterocycles. The van der Waals surface area contributed by atoms with Crippen molar-refractivity contribution < 1.29 is 0 Å². The number of hydrogen-bond donors (Lipinski definition) is 1. The van der Waals surface area contributed by atoms with Crippen molar-refractivity contribution in [2.45, 2.75) is 5.75 Å². The fourth-order valence-corrected chi connectivity index (χ4v) is 2.44. The zero-order valence-corrected chi connectivity index (χ0v) is 13.1. The SMILES string of the molecule is S=C(NN=CC=Cc1ccccc1)SCc1ccccc1. The normalized spacial score (nSPS) is 11.0. The molecule has 2 aromatic carbocycles. The Bertz CT molecular complexity index is 607. The van der Waals surface area contributed by atoms with Crippen molar-refractivity contribution >= 4 is 40.6 Å². The molecule has 2 nitrogen and oxygen atoms in total. The molecule has 0 atom stereocenters. The van der Waals surface area contributed by atoms with Crippen LogP contribution in [-0.4, -0.2) is 10.5 Å². The number of benzene rings is 2. The van der Waals surface area contributed by atoms with E-state index < -0.39 is 0 Å². The second-order valence-corrected chi connectivity index (χ2v) is 5.87. The van der Waals surface area contributed by atoms with Gasteiger partial charge < -0.3 is 0 Å². The van der Waals surface area contributed by atoms with Gasteiger partial charge in [0.2, 0.25) is 0 Å². The maximum Gasteiger partial charge on any atom is 0.154 e. The first-order valence-corrected chi connectivity index (χ1v) is 7.95. The lowest BCUT2D eigenvalue weighted by atomic mass is 10.2. The maximum absolute atomic E-state index is 5.21. The molecule has 0 saturated carbocycles. The van der Waals surface area contributed by atoms with E-state index in [1.165, 1.54) is 5.56 Å². The summed E-state index contributed by atoms with van der Waals surface area (Å²) in [5, 5.41) is 4.07. The third-order valence-electron chi connectivity index (χ3n) is 2.62. The molecule has 0 fully saturated rings. The van der Waals surface area contributed by atoms with Crippen LogP contribution in [0.5, 0.6) is 0 Å². The highest BCUT2D eigenvalue weighted by atomic mass is 32.2. The Balaban J connectivity index is 1.69. The molecule has 0 heterocycles. The van der Waals surface area contributed by atoms with Crippen LogP contribution in [0.2, 0.25) is 0 Å². The highest BCUT2D eigenvalue weighted by Crippen LogP contribution is 2.12. The summed E-state index contributed by atoms with van der Waals surface area (Å²) in [6, 6.07) is 20.3. The Morgan fingerprint density at radius 2 is 1.71 bits per heavy atom. The summed E-state index contributed by atoms with van der Waals surface area (Å²) >= 11 is 6.78. The largest absolute Gasteiger partial charge is 0.262 e. The third-order valence-corrected chi connectivity index (χ3v) is 3.89. The number of rotatable bonds is 5. The van der Waals surface area contributed by atoms with Crippen molar-refractivity contribution in [3.8, 4) is 0 Å². The Morgan fingerprint density at radius 3 is 2.43 bits per heavy atom. The molecule has 4 heteroatoms. The van der Waals surface area contributed by atoms with Crippen LogP contribution in [0.25, 0.3) is 6.08 Å². The topological polar surface area (TPSA) is 24.4 Å². The monoisotopic (exact) mass is 312 g/mol. The van der Waals surface area contributed by atoms with E-state index in [4.69, 9.17) is 12.2 Å². The minimum atomic E-state index is 0.670. The van der Waals surface area contributed by atoms with E-state index in [1.54, 1.807) is 18.0 Å². The molecule has 0 aliphatic rings. The molecule has 0 aliphatic heterocycles. The molecule has 0 aliphatic carbocycles. The lowest BCUT2D eigenvalue weighted by Crippen LogP contribution is -2.10. The van der Waals surface area contributed by atoms with Crippen LogP contribution in [0.3, 0.4) is 0 Å². The highest BCUT2D eigenvalue weighted by molar-refractivity contribution is 8.22. The molecule has 2 rings (SSSR count). The fourth-order valence-electron chi connectivity index (χ4n) is 1.61. The molecule has 2 aromatic rings. The van der Waals surface area contributed by atoms with Crippen molar-refractivity contribution in [2.75, 3.05) is 0 Å². The van der Waals surface area contributed by atoms with Gasteiger partial charge in [-0.05, 0) is 17.2 Å². The number of thiocarbonyl (C=S) groups is 1. The van der Waals surface area contributed by atoms with Gasteiger partial charge in [-0.15, -0.1) is 0 Å². The van der Waals surface area contributed by atoms with Gasteiger partial charge in [0.25, 0.3) is 0 Å². The van der Waals surface area contributed by atoms with E-state index in [2.05, 4.69) is 22.7 Å². The Hall–Kier alpha value is -1.91. The summed E-state index contributed by atoms with van der Waals surface area (Å²) in [5.74, 6) is 0.849. The lowest BCUT2D eigenvalue weighted by molar-refractivity contribution is 1.07. The molecular formula is C17H16N2S2. The molecule has 1 N–H and O–H groups in total. The average molecular weight is 312 g/mol. The number of thioether (sulfide) groups is 1. The predicted octanol–water partition coefficient (Wildman–Crippen LogP) is 4.49. The van der Waals surface area contributed by atoms with Crippen LogP contribution >= 0.6 is 24.0 Å². The molecule has 21 heavy (non-hydrogen) atoms. The van der Waals surface area contributed by atoms with Crippen molar-refractivity contribution in [3.05, 3.63) is 77.9 Å². The number of nitrogens with zero attached hydrogens (tertiary/aromatic N) is 1. The second-order valence-electron chi connectivity index (χ2n) is 4.22. The second kappa shape index (κ2) is 9.10. The van der Waals surface area contributed by atoms with Crippen LogP contribution in [0, 0.1) is 0 Å². The minimum absolute atomic E-state index is 0.670. The van der Waals surface area contributed by atoms with E-state index in [-0.39, 0.29) is 0 Å². The third kappa shape index (κ3) is 6.38. The van der Waals surface area contributed by atoms with E-state index in [1.807, 2.05) is 60.7 Å². The average Bonchev–Trinajstić information content (AvgIpc) is 2.54. The number of allylic oxidation sites excluding steroid dienone is 1. The quantitative estimate of drug-likeness (QED) is 0.500. The van der Waals surface area contributed by atoms with Gasteiger partial charge in [-0.2, -0.15) is 5.10 Å². The van der Waals surface area contributed by atoms with Gasteiger partial charge in [0.1, 0.15) is 0 Å². The van der Waals surface area contributed by atoms with E-state index >= 15 is 0 Å². The van der Waals surface area contributed by atoms with Crippen molar-refractivity contribution in [2.24, 2.45) is 5.10 Å². The van der Waals surface area contributed by atoms with Crippen LogP contribution < -0.4 is 5.43 Å². The molecule has 106 valence electrons. The molecule has 0 bridgehead atoms. The van der Waals surface area contributed by atoms with Crippen LogP contribution in [-0.2, 0) is 5.75 Å². The van der Waals surface area contributed by atoms with Crippen molar-refractivity contribution in [1.82, 2.24) is 5.43 Å². The summed E-state index contributed by atoms with van der Waals surface area (Å²) < 4.78 is 0.670. The van der Waals surface area contributed by atoms with E-state index in [0.29, 0.717) is 4.32 Å². The smallest absolute Gasteiger partial charge is 0.154 e. The molecule has 0 amide bonds. The van der Waals surface area contributed by atoms with Crippen LogP contribution in [0.4, 0.5) is 0 Å². The van der Waals surface area contributed by atoms with Gasteiger partial charge in [-0.25, -0.2) is 0 Å². The van der Waals surface area contributed by atoms with Gasteiger partial charge in [0.15, 0.2) is 4.32 Å². The van der Waals surface area contributed by atoms with Gasteiger partial charge in [-0.1, -0.05) is 90.7 Å². The van der Waals surface area contributed by atoms with Crippen molar-refractivity contribution in [1.29, 1.82) is 0 Å². The Labute approximate surface area is 135 Å². The fraction of sp³-hybridized carbons (Fsp3) is 0.0588. The van der Waals surface area contributed by atoms with Gasteiger partial charge in [0, 0.05) is 12.0 Å². The number of hydrazone groups is 1. The Kier molecular flexibility index (Phi) is 6.71. The first kappa shape index (κ1) is 15.5.